The smallest absolute Gasteiger partial charge is 0.256 e. The van der Waals surface area contributed by atoms with E-state index in [1.54, 1.807) is 17.8 Å². The fourth-order valence-electron chi connectivity index (χ4n) is 2.69. The minimum Gasteiger partial charge on any atom is -0.307 e. The number of rotatable bonds is 8. The van der Waals surface area contributed by atoms with Gasteiger partial charge in [-0.1, -0.05) is 13.8 Å². The molecule has 142 valence electrons. The van der Waals surface area contributed by atoms with Crippen LogP contribution in [0.4, 0.5) is 5.82 Å². The molecule has 1 aromatic heterocycles. The molecule has 2 aromatic rings. The predicted octanol–water partition coefficient (Wildman–Crippen LogP) is 2.79. The molecule has 0 aliphatic heterocycles. The Balaban J connectivity index is 2.18. The SMILES string of the molecule is CCCN(CCC)S(=O)(=O)c1ccc(C(=O)Nc2cc(C)nn2C)cc1. The number of hydrogen-bond acceptors (Lipinski definition) is 4. The lowest BCUT2D eigenvalue weighted by Gasteiger charge is -2.21. The summed E-state index contributed by atoms with van der Waals surface area (Å²) in [5, 5.41) is 6.95. The Hall–Kier alpha value is -2.19. The van der Waals surface area contributed by atoms with Crippen LogP contribution in [0.3, 0.4) is 0 Å². The maximum absolute atomic E-state index is 12.7. The van der Waals surface area contributed by atoms with Gasteiger partial charge in [0.15, 0.2) is 0 Å². The normalized spacial score (nSPS) is 11.7. The molecule has 8 heteroatoms. The highest BCUT2D eigenvalue weighted by atomic mass is 32.2. The molecule has 0 radical (unpaired) electrons. The number of nitrogens with one attached hydrogen (secondary N) is 1. The van der Waals surface area contributed by atoms with Crippen LogP contribution in [0.2, 0.25) is 0 Å². The largest absolute Gasteiger partial charge is 0.307 e. The lowest BCUT2D eigenvalue weighted by molar-refractivity contribution is 0.102. The van der Waals surface area contributed by atoms with E-state index in [-0.39, 0.29) is 10.8 Å². The molecule has 2 rings (SSSR count). The summed E-state index contributed by atoms with van der Waals surface area (Å²) in [5.74, 6) is 0.275. The molecule has 0 aliphatic carbocycles. The number of aromatic nitrogens is 2. The number of hydrogen-bond donors (Lipinski definition) is 1. The van der Waals surface area contributed by atoms with Crippen LogP contribution in [0.5, 0.6) is 0 Å². The molecule has 1 amide bonds. The van der Waals surface area contributed by atoms with Crippen LogP contribution in [-0.2, 0) is 17.1 Å². The molecule has 0 spiro atoms. The van der Waals surface area contributed by atoms with E-state index in [2.05, 4.69) is 10.4 Å². The Morgan fingerprint density at radius 3 is 2.19 bits per heavy atom. The Morgan fingerprint density at radius 2 is 1.73 bits per heavy atom. The molecular weight excluding hydrogens is 352 g/mol. The third-order valence-electron chi connectivity index (χ3n) is 3.94. The molecule has 0 unspecified atom stereocenters. The first-order valence-corrected chi connectivity index (χ1v) is 10.2. The van der Waals surface area contributed by atoms with Crippen molar-refractivity contribution in [3.05, 3.63) is 41.6 Å². The van der Waals surface area contributed by atoms with Crippen molar-refractivity contribution in [1.29, 1.82) is 0 Å². The Bertz CT molecular complexity index is 851. The number of sulfonamides is 1. The molecule has 0 aliphatic rings. The lowest BCUT2D eigenvalue weighted by atomic mass is 10.2. The minimum atomic E-state index is -3.54. The molecule has 0 saturated heterocycles. The monoisotopic (exact) mass is 378 g/mol. The van der Waals surface area contributed by atoms with Crippen LogP contribution < -0.4 is 5.32 Å². The molecule has 0 atom stereocenters. The van der Waals surface area contributed by atoms with Crippen molar-refractivity contribution in [3.8, 4) is 0 Å². The van der Waals surface area contributed by atoms with Gasteiger partial charge in [0.1, 0.15) is 5.82 Å². The number of benzene rings is 1. The number of carbonyl (C=O) groups excluding carboxylic acids is 1. The van der Waals surface area contributed by atoms with E-state index in [1.807, 2.05) is 20.8 Å². The van der Waals surface area contributed by atoms with E-state index in [9.17, 15) is 13.2 Å². The summed E-state index contributed by atoms with van der Waals surface area (Å²) in [4.78, 5) is 12.6. The highest BCUT2D eigenvalue weighted by Crippen LogP contribution is 2.18. The van der Waals surface area contributed by atoms with Gasteiger partial charge in [-0.3, -0.25) is 9.48 Å². The van der Waals surface area contributed by atoms with Crippen molar-refractivity contribution in [1.82, 2.24) is 14.1 Å². The molecule has 0 bridgehead atoms. The summed E-state index contributed by atoms with van der Waals surface area (Å²) in [5.41, 5.74) is 1.19. The zero-order valence-electron chi connectivity index (χ0n) is 15.7. The van der Waals surface area contributed by atoms with E-state index >= 15 is 0 Å². The predicted molar refractivity (Wildman–Crippen MR) is 102 cm³/mol. The van der Waals surface area contributed by atoms with Crippen molar-refractivity contribution in [3.63, 3.8) is 0 Å². The summed E-state index contributed by atoms with van der Waals surface area (Å²) in [6.45, 7) is 6.71. The van der Waals surface area contributed by atoms with Gasteiger partial charge in [0, 0.05) is 31.8 Å². The maximum atomic E-state index is 12.7. The number of carbonyl (C=O) groups is 1. The van der Waals surface area contributed by atoms with Crippen molar-refractivity contribution >= 4 is 21.7 Å². The first-order chi connectivity index (χ1) is 12.3. The summed E-state index contributed by atoms with van der Waals surface area (Å²) in [6.07, 6.45) is 1.51. The first-order valence-electron chi connectivity index (χ1n) is 8.71. The second-order valence-electron chi connectivity index (χ2n) is 6.18. The second kappa shape index (κ2) is 8.46. The van der Waals surface area contributed by atoms with Gasteiger partial charge >= 0.3 is 0 Å². The third-order valence-corrected chi connectivity index (χ3v) is 5.86. The molecule has 1 N–H and O–H groups in total. The average molecular weight is 378 g/mol. The van der Waals surface area contributed by atoms with E-state index in [0.717, 1.165) is 18.5 Å². The highest BCUT2D eigenvalue weighted by molar-refractivity contribution is 7.89. The number of anilines is 1. The molecule has 1 aromatic carbocycles. The number of aryl methyl sites for hydroxylation is 2. The summed E-state index contributed by atoms with van der Waals surface area (Å²) in [6, 6.07) is 7.79. The zero-order valence-corrected chi connectivity index (χ0v) is 16.5. The van der Waals surface area contributed by atoms with Crippen molar-refractivity contribution in [2.45, 2.75) is 38.5 Å². The van der Waals surface area contributed by atoms with Crippen molar-refractivity contribution < 1.29 is 13.2 Å². The van der Waals surface area contributed by atoms with Gasteiger partial charge in [-0.2, -0.15) is 9.40 Å². The molecule has 26 heavy (non-hydrogen) atoms. The minimum absolute atomic E-state index is 0.201. The van der Waals surface area contributed by atoms with Gasteiger partial charge in [0.25, 0.3) is 5.91 Å². The summed E-state index contributed by atoms with van der Waals surface area (Å²) in [7, 11) is -1.80. The molecular formula is C18H26N4O3S. The van der Waals surface area contributed by atoms with Crippen LogP contribution >= 0.6 is 0 Å². The summed E-state index contributed by atoms with van der Waals surface area (Å²) >= 11 is 0. The average Bonchev–Trinajstić information content (AvgIpc) is 2.92. The second-order valence-corrected chi connectivity index (χ2v) is 8.12. The Kier molecular flexibility index (Phi) is 6.55. The van der Waals surface area contributed by atoms with Crippen LogP contribution in [0.1, 0.15) is 42.7 Å². The highest BCUT2D eigenvalue weighted by Gasteiger charge is 2.23. The van der Waals surface area contributed by atoms with E-state index in [1.165, 1.54) is 28.6 Å². The zero-order chi connectivity index (χ0) is 19.3. The Morgan fingerprint density at radius 1 is 1.15 bits per heavy atom. The van der Waals surface area contributed by atoms with Gasteiger partial charge < -0.3 is 5.32 Å². The topological polar surface area (TPSA) is 84.3 Å². The fraction of sp³-hybridized carbons (Fsp3) is 0.444. The molecule has 0 saturated carbocycles. The van der Waals surface area contributed by atoms with Gasteiger partial charge in [-0.25, -0.2) is 8.42 Å². The molecule has 0 fully saturated rings. The van der Waals surface area contributed by atoms with E-state index < -0.39 is 10.0 Å². The number of amides is 1. The van der Waals surface area contributed by atoms with Crippen LogP contribution in [0.25, 0.3) is 0 Å². The standard InChI is InChI=1S/C18H26N4O3S/c1-5-11-22(12-6-2)26(24,25)16-9-7-15(8-10-16)18(23)19-17-13-14(3)20-21(17)4/h7-10,13H,5-6,11-12H2,1-4H3,(H,19,23). The fourth-order valence-corrected chi connectivity index (χ4v) is 4.32. The molecule has 1 heterocycles. The Labute approximate surface area is 155 Å². The van der Waals surface area contributed by atoms with Crippen LogP contribution in [-0.4, -0.2) is 41.5 Å². The van der Waals surface area contributed by atoms with Gasteiger partial charge in [0.05, 0.1) is 10.6 Å². The summed E-state index contributed by atoms with van der Waals surface area (Å²) < 4.78 is 28.6. The van der Waals surface area contributed by atoms with Gasteiger partial charge in [-0.05, 0) is 44.0 Å². The lowest BCUT2D eigenvalue weighted by Crippen LogP contribution is -2.32. The van der Waals surface area contributed by atoms with Gasteiger partial charge in [0.2, 0.25) is 10.0 Å². The molecule has 7 nitrogen and oxygen atoms in total. The third kappa shape index (κ3) is 4.50. The number of nitrogens with zero attached hydrogens (tertiary/aromatic N) is 3. The first kappa shape index (κ1) is 20.1. The van der Waals surface area contributed by atoms with Crippen molar-refractivity contribution in [2.24, 2.45) is 7.05 Å². The quantitative estimate of drug-likeness (QED) is 0.765. The maximum Gasteiger partial charge on any atom is 0.256 e. The van der Waals surface area contributed by atoms with Crippen LogP contribution in [0, 0.1) is 6.92 Å². The van der Waals surface area contributed by atoms with Crippen molar-refractivity contribution in [2.75, 3.05) is 18.4 Å². The van der Waals surface area contributed by atoms with E-state index in [4.69, 9.17) is 0 Å². The van der Waals surface area contributed by atoms with Gasteiger partial charge in [-0.15, -0.1) is 0 Å². The van der Waals surface area contributed by atoms with Crippen LogP contribution in [0.15, 0.2) is 35.2 Å². The van der Waals surface area contributed by atoms with E-state index in [0.29, 0.717) is 24.5 Å².